The Morgan fingerprint density at radius 1 is 1.32 bits per heavy atom. The smallest absolute Gasteiger partial charge is 0.323 e. The zero-order valence-corrected chi connectivity index (χ0v) is 11.5. The van der Waals surface area contributed by atoms with E-state index >= 15 is 0 Å². The number of hydrogen-bond acceptors (Lipinski definition) is 2. The number of carbonyl (C=O) groups is 1. The molecule has 1 saturated heterocycles. The second-order valence-corrected chi connectivity index (χ2v) is 6.06. The first-order chi connectivity index (χ1) is 9.09. The molecule has 1 atom stereocenters. The quantitative estimate of drug-likeness (QED) is 0.907. The lowest BCUT2D eigenvalue weighted by Gasteiger charge is -2.31. The lowest BCUT2D eigenvalue weighted by Crippen LogP contribution is -2.47. The summed E-state index contributed by atoms with van der Waals surface area (Å²) >= 11 is 0. The summed E-state index contributed by atoms with van der Waals surface area (Å²) in [5.41, 5.74) is 3.52. The highest BCUT2D eigenvalue weighted by atomic mass is 16.4. The third-order valence-corrected chi connectivity index (χ3v) is 4.79. The molecule has 3 nitrogen and oxygen atoms in total. The van der Waals surface area contributed by atoms with Crippen LogP contribution in [0.4, 0.5) is 0 Å². The highest BCUT2D eigenvalue weighted by molar-refractivity contribution is 5.78. The van der Waals surface area contributed by atoms with E-state index in [4.69, 9.17) is 0 Å². The van der Waals surface area contributed by atoms with E-state index < -0.39 is 11.5 Å². The molecule has 0 bridgehead atoms. The fourth-order valence-corrected chi connectivity index (χ4v) is 3.46. The summed E-state index contributed by atoms with van der Waals surface area (Å²) in [6.45, 7) is 3.51. The highest BCUT2D eigenvalue weighted by Crippen LogP contribution is 2.31. The van der Waals surface area contributed by atoms with Crippen LogP contribution in [0.2, 0.25) is 0 Å². The Balaban J connectivity index is 1.80. The van der Waals surface area contributed by atoms with Crippen LogP contribution in [0.25, 0.3) is 0 Å². The van der Waals surface area contributed by atoms with Gasteiger partial charge in [0.2, 0.25) is 0 Å². The summed E-state index contributed by atoms with van der Waals surface area (Å²) in [5.74, 6) is -0.689. The molecule has 0 radical (unpaired) electrons. The summed E-state index contributed by atoms with van der Waals surface area (Å²) in [6, 6.07) is 6.68. The first kappa shape index (κ1) is 12.7. The molecule has 102 valence electrons. The summed E-state index contributed by atoms with van der Waals surface area (Å²) in [5, 5.41) is 9.43. The number of carboxylic acids is 1. The molecule has 0 spiro atoms. The van der Waals surface area contributed by atoms with Gasteiger partial charge in [0, 0.05) is 6.54 Å². The maximum Gasteiger partial charge on any atom is 0.323 e. The lowest BCUT2D eigenvalue weighted by atomic mass is 9.98. The maximum atomic E-state index is 11.5. The van der Waals surface area contributed by atoms with Crippen LogP contribution in [0.3, 0.4) is 0 Å². The van der Waals surface area contributed by atoms with Gasteiger partial charge in [-0.25, -0.2) is 0 Å². The number of likely N-dealkylation sites (tertiary alicyclic amines) is 1. The molecule has 0 saturated carbocycles. The van der Waals surface area contributed by atoms with Crippen molar-refractivity contribution in [3.05, 3.63) is 34.9 Å². The summed E-state index contributed by atoms with van der Waals surface area (Å²) in [4.78, 5) is 13.6. The second-order valence-electron chi connectivity index (χ2n) is 6.06. The number of carboxylic acid groups (broad SMARTS) is 1. The third kappa shape index (κ3) is 2.16. The van der Waals surface area contributed by atoms with Crippen LogP contribution < -0.4 is 0 Å². The van der Waals surface area contributed by atoms with Crippen LogP contribution in [0.5, 0.6) is 0 Å². The third-order valence-electron chi connectivity index (χ3n) is 4.79. The van der Waals surface area contributed by atoms with Gasteiger partial charge in [-0.15, -0.1) is 0 Å². The molecule has 1 unspecified atom stereocenters. The van der Waals surface area contributed by atoms with Crippen LogP contribution >= 0.6 is 0 Å². The van der Waals surface area contributed by atoms with E-state index in [1.54, 1.807) is 0 Å². The van der Waals surface area contributed by atoms with Gasteiger partial charge in [-0.1, -0.05) is 18.2 Å². The van der Waals surface area contributed by atoms with Gasteiger partial charge in [0.25, 0.3) is 0 Å². The van der Waals surface area contributed by atoms with Crippen molar-refractivity contribution in [3.8, 4) is 0 Å². The molecular formula is C16H21NO2. The van der Waals surface area contributed by atoms with Crippen molar-refractivity contribution < 1.29 is 9.90 Å². The molecule has 1 aromatic carbocycles. The van der Waals surface area contributed by atoms with Gasteiger partial charge < -0.3 is 5.11 Å². The average molecular weight is 259 g/mol. The largest absolute Gasteiger partial charge is 0.480 e. The molecule has 1 heterocycles. The fraction of sp³-hybridized carbons (Fsp3) is 0.562. The monoisotopic (exact) mass is 259 g/mol. The number of rotatable bonds is 3. The van der Waals surface area contributed by atoms with Gasteiger partial charge in [-0.05, 0) is 62.3 Å². The van der Waals surface area contributed by atoms with Crippen molar-refractivity contribution in [2.75, 3.05) is 6.54 Å². The minimum Gasteiger partial charge on any atom is -0.480 e. The predicted octanol–water partition coefficient (Wildman–Crippen LogP) is 2.61. The molecule has 0 amide bonds. The van der Waals surface area contributed by atoms with Crippen LogP contribution in [-0.2, 0) is 24.2 Å². The summed E-state index contributed by atoms with van der Waals surface area (Å²) in [6.07, 6.45) is 5.38. The van der Waals surface area contributed by atoms with E-state index in [0.29, 0.717) is 0 Å². The van der Waals surface area contributed by atoms with Gasteiger partial charge in [0.15, 0.2) is 0 Å². The Labute approximate surface area is 114 Å². The summed E-state index contributed by atoms with van der Waals surface area (Å²) in [7, 11) is 0. The molecule has 1 fully saturated rings. The Bertz CT molecular complexity index is 511. The Morgan fingerprint density at radius 3 is 2.89 bits per heavy atom. The van der Waals surface area contributed by atoms with Crippen molar-refractivity contribution >= 4 is 5.97 Å². The zero-order valence-electron chi connectivity index (χ0n) is 11.5. The van der Waals surface area contributed by atoms with E-state index in [1.807, 2.05) is 6.92 Å². The standard InChI is InChI=1S/C16H21NO2/c1-16(15(18)19)8-3-9-17(16)11-12-6-7-13-4-2-5-14(13)10-12/h6-7,10H,2-5,8-9,11H2,1H3,(H,18,19). The first-order valence-corrected chi connectivity index (χ1v) is 7.19. The Morgan fingerprint density at radius 2 is 2.11 bits per heavy atom. The Kier molecular flexibility index (Phi) is 3.09. The van der Waals surface area contributed by atoms with Crippen LogP contribution in [-0.4, -0.2) is 28.1 Å². The number of aliphatic carboxylic acids is 1. The van der Waals surface area contributed by atoms with Gasteiger partial charge in [-0.3, -0.25) is 9.69 Å². The predicted molar refractivity (Wildman–Crippen MR) is 74.2 cm³/mol. The van der Waals surface area contributed by atoms with Crippen LogP contribution in [0.15, 0.2) is 18.2 Å². The second kappa shape index (κ2) is 4.64. The number of fused-ring (bicyclic) bond motifs is 1. The molecule has 1 N–H and O–H groups in total. The van der Waals surface area contributed by atoms with Gasteiger partial charge in [0.1, 0.15) is 5.54 Å². The molecule has 1 aliphatic carbocycles. The topological polar surface area (TPSA) is 40.5 Å². The van der Waals surface area contributed by atoms with Crippen molar-refractivity contribution in [3.63, 3.8) is 0 Å². The van der Waals surface area contributed by atoms with Crippen molar-refractivity contribution in [1.82, 2.24) is 4.90 Å². The molecule has 19 heavy (non-hydrogen) atoms. The molecule has 1 aromatic rings. The number of aryl methyl sites for hydroxylation is 2. The van der Waals surface area contributed by atoms with E-state index in [1.165, 1.54) is 36.0 Å². The molecule has 3 rings (SSSR count). The molecule has 2 aliphatic rings. The fourth-order valence-electron chi connectivity index (χ4n) is 3.46. The minimum absolute atomic E-state index is 0.682. The van der Waals surface area contributed by atoms with Crippen molar-refractivity contribution in [2.24, 2.45) is 0 Å². The lowest BCUT2D eigenvalue weighted by molar-refractivity contribution is -0.148. The Hall–Kier alpha value is -1.35. The van der Waals surface area contributed by atoms with Crippen LogP contribution in [0.1, 0.15) is 42.9 Å². The van der Waals surface area contributed by atoms with E-state index in [-0.39, 0.29) is 0 Å². The molecule has 0 aromatic heterocycles. The molecule has 3 heteroatoms. The highest BCUT2D eigenvalue weighted by Gasteiger charge is 2.43. The average Bonchev–Trinajstić information content (AvgIpc) is 2.97. The van der Waals surface area contributed by atoms with Gasteiger partial charge >= 0.3 is 5.97 Å². The maximum absolute atomic E-state index is 11.5. The molecular weight excluding hydrogens is 238 g/mol. The number of nitrogens with zero attached hydrogens (tertiary/aromatic N) is 1. The normalized spacial score (nSPS) is 26.6. The number of benzene rings is 1. The van der Waals surface area contributed by atoms with E-state index in [0.717, 1.165) is 25.9 Å². The van der Waals surface area contributed by atoms with Gasteiger partial charge in [0.05, 0.1) is 0 Å². The van der Waals surface area contributed by atoms with Crippen molar-refractivity contribution in [1.29, 1.82) is 0 Å². The first-order valence-electron chi connectivity index (χ1n) is 7.19. The minimum atomic E-state index is -0.689. The van der Waals surface area contributed by atoms with E-state index in [9.17, 15) is 9.90 Å². The SMILES string of the molecule is CC1(C(=O)O)CCCN1Cc1ccc2c(c1)CCC2. The van der Waals surface area contributed by atoms with Crippen molar-refractivity contribution in [2.45, 2.75) is 51.1 Å². The zero-order chi connectivity index (χ0) is 13.5. The van der Waals surface area contributed by atoms with Crippen LogP contribution in [0, 0.1) is 0 Å². The molecule has 1 aliphatic heterocycles. The van der Waals surface area contributed by atoms with E-state index in [2.05, 4.69) is 23.1 Å². The summed E-state index contributed by atoms with van der Waals surface area (Å²) < 4.78 is 0. The number of hydrogen-bond donors (Lipinski definition) is 1. The van der Waals surface area contributed by atoms with Gasteiger partial charge in [-0.2, -0.15) is 0 Å².